The molecule has 0 aliphatic rings. The van der Waals surface area contributed by atoms with Gasteiger partial charge >= 0.3 is 0 Å². The first kappa shape index (κ1) is 14.5. The molecule has 0 aliphatic heterocycles. The first-order chi connectivity index (χ1) is 7.55. The lowest BCUT2D eigenvalue weighted by atomic mass is 9.92. The summed E-state index contributed by atoms with van der Waals surface area (Å²) in [5, 5.41) is 0. The molecule has 1 aromatic heterocycles. The summed E-state index contributed by atoms with van der Waals surface area (Å²) >= 11 is 5.39. The van der Waals surface area contributed by atoms with E-state index in [4.69, 9.17) is 12.2 Å². The molecule has 0 spiro atoms. The minimum absolute atomic E-state index is 0.0837. The summed E-state index contributed by atoms with van der Waals surface area (Å²) in [7, 11) is 4.21. The van der Waals surface area contributed by atoms with Gasteiger partial charge in [0.25, 0.3) is 0 Å². The standard InChI is InChI=1S/C13H25N3S/c1-12(2,3)10-8-14-11(17)16(10)9-13(4,5)15(6)7/h8H,9H2,1-7H3,(H,14,17). The van der Waals surface area contributed by atoms with Crippen LogP contribution in [0.5, 0.6) is 0 Å². The van der Waals surface area contributed by atoms with Gasteiger partial charge in [0.1, 0.15) is 0 Å². The maximum Gasteiger partial charge on any atom is 0.177 e. The van der Waals surface area contributed by atoms with Crippen LogP contribution >= 0.6 is 12.2 Å². The molecule has 4 heteroatoms. The van der Waals surface area contributed by atoms with E-state index >= 15 is 0 Å². The van der Waals surface area contributed by atoms with E-state index in [1.165, 1.54) is 5.69 Å². The predicted octanol–water partition coefficient (Wildman–Crippen LogP) is 3.18. The number of hydrogen-bond acceptors (Lipinski definition) is 2. The summed E-state index contributed by atoms with van der Waals surface area (Å²) in [6, 6.07) is 0. The molecular formula is C13H25N3S. The van der Waals surface area contributed by atoms with Crippen molar-refractivity contribution in [1.82, 2.24) is 14.5 Å². The van der Waals surface area contributed by atoms with Gasteiger partial charge in [-0.05, 0) is 40.2 Å². The summed E-state index contributed by atoms with van der Waals surface area (Å²) in [6.45, 7) is 12.0. The van der Waals surface area contributed by atoms with Crippen LogP contribution in [0, 0.1) is 4.77 Å². The van der Waals surface area contributed by atoms with Crippen molar-refractivity contribution in [2.45, 2.75) is 52.1 Å². The van der Waals surface area contributed by atoms with Gasteiger partial charge in [-0.2, -0.15) is 0 Å². The van der Waals surface area contributed by atoms with Crippen molar-refractivity contribution in [3.05, 3.63) is 16.7 Å². The van der Waals surface area contributed by atoms with Crippen LogP contribution in [-0.2, 0) is 12.0 Å². The summed E-state index contributed by atoms with van der Waals surface area (Å²) in [4.78, 5) is 5.39. The van der Waals surface area contributed by atoms with Crippen LogP contribution in [0.15, 0.2) is 6.20 Å². The number of aromatic amines is 1. The summed E-state index contributed by atoms with van der Waals surface area (Å²) in [5.74, 6) is 0. The number of nitrogens with zero attached hydrogens (tertiary/aromatic N) is 2. The Morgan fingerprint density at radius 2 is 1.76 bits per heavy atom. The number of H-pyrrole nitrogens is 1. The van der Waals surface area contributed by atoms with Crippen molar-refractivity contribution < 1.29 is 0 Å². The molecule has 0 fully saturated rings. The van der Waals surface area contributed by atoms with Gasteiger partial charge in [0.2, 0.25) is 0 Å². The summed E-state index contributed by atoms with van der Waals surface area (Å²) in [5.41, 5.74) is 1.45. The Hall–Kier alpha value is -0.610. The molecular weight excluding hydrogens is 230 g/mol. The molecule has 0 saturated heterocycles. The van der Waals surface area contributed by atoms with Gasteiger partial charge in [0.05, 0.1) is 0 Å². The largest absolute Gasteiger partial charge is 0.337 e. The van der Waals surface area contributed by atoms with Crippen LogP contribution in [0.25, 0.3) is 0 Å². The third-order valence-electron chi connectivity index (χ3n) is 3.39. The van der Waals surface area contributed by atoms with E-state index < -0.39 is 0 Å². The molecule has 0 bridgehead atoms. The second kappa shape index (κ2) is 4.58. The smallest absolute Gasteiger partial charge is 0.177 e. The number of aromatic nitrogens is 2. The number of hydrogen-bond donors (Lipinski definition) is 1. The molecule has 0 unspecified atom stereocenters. The second-order valence-corrected chi connectivity index (χ2v) is 6.91. The molecule has 0 radical (unpaired) electrons. The molecule has 17 heavy (non-hydrogen) atoms. The third kappa shape index (κ3) is 3.19. The predicted molar refractivity (Wildman–Crippen MR) is 76.1 cm³/mol. The highest BCUT2D eigenvalue weighted by Gasteiger charge is 2.26. The topological polar surface area (TPSA) is 24.0 Å². The van der Waals surface area contributed by atoms with Crippen molar-refractivity contribution >= 4 is 12.2 Å². The molecule has 98 valence electrons. The fourth-order valence-electron chi connectivity index (χ4n) is 1.70. The Labute approximate surface area is 110 Å². The summed E-state index contributed by atoms with van der Waals surface area (Å²) in [6.07, 6.45) is 2.04. The van der Waals surface area contributed by atoms with Gasteiger partial charge in [-0.15, -0.1) is 0 Å². The van der Waals surface area contributed by atoms with Crippen molar-refractivity contribution in [3.8, 4) is 0 Å². The van der Waals surface area contributed by atoms with Gasteiger partial charge < -0.3 is 14.5 Å². The third-order valence-corrected chi connectivity index (χ3v) is 3.73. The Morgan fingerprint density at radius 1 is 1.24 bits per heavy atom. The highest BCUT2D eigenvalue weighted by atomic mass is 32.1. The van der Waals surface area contributed by atoms with E-state index in [0.717, 1.165) is 11.3 Å². The first-order valence-corrected chi connectivity index (χ1v) is 6.42. The SMILES string of the molecule is CN(C)C(C)(C)Cn1c(C(C)(C)C)c[nH]c1=S. The molecule has 0 saturated carbocycles. The van der Waals surface area contributed by atoms with Crippen molar-refractivity contribution in [1.29, 1.82) is 0 Å². The molecule has 1 heterocycles. The molecule has 3 nitrogen and oxygen atoms in total. The molecule has 0 atom stereocenters. The highest BCUT2D eigenvalue weighted by molar-refractivity contribution is 7.71. The molecule has 0 amide bonds. The minimum atomic E-state index is 0.0837. The van der Waals surface area contributed by atoms with Crippen LogP contribution in [0.4, 0.5) is 0 Å². The van der Waals surface area contributed by atoms with E-state index in [1.807, 2.05) is 6.20 Å². The fourth-order valence-corrected chi connectivity index (χ4v) is 1.92. The first-order valence-electron chi connectivity index (χ1n) is 6.02. The maximum atomic E-state index is 5.39. The van der Waals surface area contributed by atoms with Crippen LogP contribution in [-0.4, -0.2) is 34.1 Å². The normalized spacial score (nSPS) is 13.4. The zero-order valence-electron chi connectivity index (χ0n) is 12.1. The molecule has 1 aromatic rings. The molecule has 1 rings (SSSR count). The monoisotopic (exact) mass is 255 g/mol. The lowest BCUT2D eigenvalue weighted by Crippen LogP contribution is -2.42. The van der Waals surface area contributed by atoms with Gasteiger partial charge in [-0.25, -0.2) is 0 Å². The van der Waals surface area contributed by atoms with Crippen LogP contribution in [0.2, 0.25) is 0 Å². The van der Waals surface area contributed by atoms with Crippen LogP contribution in [0.1, 0.15) is 40.3 Å². The zero-order valence-corrected chi connectivity index (χ0v) is 12.9. The van der Waals surface area contributed by atoms with Crippen LogP contribution < -0.4 is 0 Å². The Morgan fingerprint density at radius 3 is 2.18 bits per heavy atom. The lowest BCUT2D eigenvalue weighted by Gasteiger charge is -2.34. The average molecular weight is 255 g/mol. The number of nitrogens with one attached hydrogen (secondary N) is 1. The van der Waals surface area contributed by atoms with Crippen molar-refractivity contribution in [2.24, 2.45) is 0 Å². The van der Waals surface area contributed by atoms with E-state index in [0.29, 0.717) is 0 Å². The Balaban J connectivity index is 3.16. The molecule has 0 aromatic carbocycles. The summed E-state index contributed by atoms with van der Waals surface area (Å²) < 4.78 is 3.03. The molecule has 0 aliphatic carbocycles. The quantitative estimate of drug-likeness (QED) is 0.839. The Kier molecular flexibility index (Phi) is 3.89. The lowest BCUT2D eigenvalue weighted by molar-refractivity contribution is 0.166. The highest BCUT2D eigenvalue weighted by Crippen LogP contribution is 2.24. The van der Waals surface area contributed by atoms with Crippen molar-refractivity contribution in [2.75, 3.05) is 14.1 Å². The minimum Gasteiger partial charge on any atom is -0.337 e. The van der Waals surface area contributed by atoms with Crippen molar-refractivity contribution in [3.63, 3.8) is 0 Å². The number of imidazole rings is 1. The Bertz CT molecular complexity index is 432. The fraction of sp³-hybridized carbons (Fsp3) is 0.769. The second-order valence-electron chi connectivity index (χ2n) is 6.52. The van der Waals surface area contributed by atoms with Gasteiger partial charge in [0, 0.05) is 29.4 Å². The van der Waals surface area contributed by atoms with Gasteiger partial charge in [-0.1, -0.05) is 20.8 Å². The average Bonchev–Trinajstić information content (AvgIpc) is 2.46. The van der Waals surface area contributed by atoms with E-state index in [1.54, 1.807) is 0 Å². The number of rotatable bonds is 3. The zero-order chi connectivity index (χ0) is 13.4. The number of likely N-dealkylation sites (N-methyl/N-ethyl adjacent to an activating group) is 1. The van der Waals surface area contributed by atoms with Crippen LogP contribution in [0.3, 0.4) is 0 Å². The van der Waals surface area contributed by atoms with E-state index in [9.17, 15) is 0 Å². The molecule has 1 N–H and O–H groups in total. The van der Waals surface area contributed by atoms with E-state index in [-0.39, 0.29) is 11.0 Å². The maximum absolute atomic E-state index is 5.39. The van der Waals surface area contributed by atoms with E-state index in [2.05, 4.69) is 63.2 Å². The van der Waals surface area contributed by atoms with Gasteiger partial charge in [-0.3, -0.25) is 0 Å². The van der Waals surface area contributed by atoms with Gasteiger partial charge in [0.15, 0.2) is 4.77 Å².